The third kappa shape index (κ3) is 4.93. The lowest BCUT2D eigenvalue weighted by molar-refractivity contribution is -0.137. The molecule has 108 valence electrons. The molecule has 0 atom stereocenters. The summed E-state index contributed by atoms with van der Waals surface area (Å²) in [4.78, 5) is 24.7. The lowest BCUT2D eigenvalue weighted by Gasteiger charge is -2.40. The highest BCUT2D eigenvalue weighted by Gasteiger charge is 2.34. The van der Waals surface area contributed by atoms with Crippen molar-refractivity contribution in [2.75, 3.05) is 19.7 Å². The van der Waals surface area contributed by atoms with E-state index in [2.05, 4.69) is 0 Å². The van der Waals surface area contributed by atoms with Crippen LogP contribution in [-0.2, 0) is 14.3 Å². The van der Waals surface area contributed by atoms with Crippen molar-refractivity contribution >= 4 is 12.1 Å². The number of amides is 1. The maximum Gasteiger partial charge on any atom is 0.410 e. The summed E-state index contributed by atoms with van der Waals surface area (Å²) < 4.78 is 10.1. The Morgan fingerprint density at radius 1 is 1.32 bits per heavy atom. The minimum atomic E-state index is -0.474. The lowest BCUT2D eigenvalue weighted by Crippen LogP contribution is -2.52. The topological polar surface area (TPSA) is 55.8 Å². The Kier molecular flexibility index (Phi) is 4.97. The van der Waals surface area contributed by atoms with E-state index in [4.69, 9.17) is 9.47 Å². The fourth-order valence-electron chi connectivity index (χ4n) is 1.73. The van der Waals surface area contributed by atoms with Crippen molar-refractivity contribution < 1.29 is 19.1 Å². The maximum absolute atomic E-state index is 11.7. The van der Waals surface area contributed by atoms with E-state index in [0.717, 1.165) is 5.57 Å². The van der Waals surface area contributed by atoms with E-state index < -0.39 is 5.60 Å². The third-order valence-electron chi connectivity index (χ3n) is 2.81. The van der Waals surface area contributed by atoms with Crippen LogP contribution in [0.5, 0.6) is 0 Å². The highest BCUT2D eigenvalue weighted by Crippen LogP contribution is 2.25. The molecule has 1 rings (SSSR count). The van der Waals surface area contributed by atoms with Gasteiger partial charge in [0.1, 0.15) is 5.60 Å². The zero-order valence-corrected chi connectivity index (χ0v) is 12.4. The molecular formula is C14H23NO4. The van der Waals surface area contributed by atoms with Gasteiger partial charge in [-0.15, -0.1) is 0 Å². The number of nitrogens with zero attached hydrogens (tertiary/aromatic N) is 1. The van der Waals surface area contributed by atoms with E-state index in [1.807, 2.05) is 27.7 Å². The minimum absolute atomic E-state index is 0.219. The molecule has 5 nitrogen and oxygen atoms in total. The first-order valence-electron chi connectivity index (χ1n) is 6.55. The van der Waals surface area contributed by atoms with Gasteiger partial charge in [0.2, 0.25) is 0 Å². The second kappa shape index (κ2) is 6.08. The molecule has 1 heterocycles. The third-order valence-corrected chi connectivity index (χ3v) is 2.81. The molecule has 0 aromatic carbocycles. The summed E-state index contributed by atoms with van der Waals surface area (Å²) in [5.41, 5.74) is 0.469. The number of hydrogen-bond acceptors (Lipinski definition) is 4. The Labute approximate surface area is 114 Å². The summed E-state index contributed by atoms with van der Waals surface area (Å²) in [7, 11) is 0. The molecule has 19 heavy (non-hydrogen) atoms. The van der Waals surface area contributed by atoms with Crippen LogP contribution in [-0.4, -0.2) is 42.3 Å². The van der Waals surface area contributed by atoms with Crippen LogP contribution in [0.2, 0.25) is 0 Å². The van der Waals surface area contributed by atoms with Crippen molar-refractivity contribution in [1.82, 2.24) is 4.90 Å². The largest absolute Gasteiger partial charge is 0.463 e. The predicted octanol–water partition coefficient (Wildman–Crippen LogP) is 2.36. The van der Waals surface area contributed by atoms with E-state index in [0.29, 0.717) is 19.7 Å². The van der Waals surface area contributed by atoms with Gasteiger partial charge >= 0.3 is 12.1 Å². The number of hydrogen-bond donors (Lipinski definition) is 0. The number of carbonyl (C=O) groups excluding carboxylic acids is 2. The monoisotopic (exact) mass is 269 g/mol. The highest BCUT2D eigenvalue weighted by atomic mass is 16.6. The van der Waals surface area contributed by atoms with Gasteiger partial charge in [0.25, 0.3) is 0 Å². The summed E-state index contributed by atoms with van der Waals surface area (Å²) in [6, 6.07) is 0. The fourth-order valence-corrected chi connectivity index (χ4v) is 1.73. The van der Waals surface area contributed by atoms with Crippen LogP contribution in [0.25, 0.3) is 0 Å². The van der Waals surface area contributed by atoms with Gasteiger partial charge in [-0.2, -0.15) is 0 Å². The molecule has 5 heteroatoms. The van der Waals surface area contributed by atoms with Crippen molar-refractivity contribution in [2.24, 2.45) is 5.92 Å². The van der Waals surface area contributed by atoms with Crippen LogP contribution in [0.3, 0.4) is 0 Å². The van der Waals surface area contributed by atoms with Gasteiger partial charge in [-0.1, -0.05) is 5.57 Å². The van der Waals surface area contributed by atoms with Gasteiger partial charge in [0.15, 0.2) is 0 Å². The molecule has 1 amide bonds. The van der Waals surface area contributed by atoms with Gasteiger partial charge in [-0.3, -0.25) is 0 Å². The van der Waals surface area contributed by atoms with Gasteiger partial charge < -0.3 is 14.4 Å². The van der Waals surface area contributed by atoms with Crippen LogP contribution in [0.4, 0.5) is 4.79 Å². The van der Waals surface area contributed by atoms with E-state index in [-0.39, 0.29) is 18.0 Å². The van der Waals surface area contributed by atoms with Crippen LogP contribution in [0, 0.1) is 5.92 Å². The lowest BCUT2D eigenvalue weighted by atomic mass is 9.92. The second-order valence-electron chi connectivity index (χ2n) is 5.72. The second-order valence-corrected chi connectivity index (χ2v) is 5.72. The van der Waals surface area contributed by atoms with Crippen LogP contribution < -0.4 is 0 Å². The summed E-state index contributed by atoms with van der Waals surface area (Å²) in [5.74, 6) is -0.104. The normalized spacial score (nSPS) is 16.9. The van der Waals surface area contributed by atoms with Crippen molar-refractivity contribution in [3.8, 4) is 0 Å². The van der Waals surface area contributed by atoms with Crippen molar-refractivity contribution in [2.45, 2.75) is 40.2 Å². The number of likely N-dealkylation sites (tertiary alicyclic amines) is 1. The van der Waals surface area contributed by atoms with Gasteiger partial charge in [0.05, 0.1) is 6.61 Å². The average molecular weight is 269 g/mol. The molecule has 0 aromatic heterocycles. The molecule has 0 unspecified atom stereocenters. The molecular weight excluding hydrogens is 246 g/mol. The number of ether oxygens (including phenoxy) is 2. The van der Waals surface area contributed by atoms with Gasteiger partial charge in [-0.25, -0.2) is 9.59 Å². The predicted molar refractivity (Wildman–Crippen MR) is 71.7 cm³/mol. The quantitative estimate of drug-likeness (QED) is 0.583. The standard InChI is InChI=1S/C14H23NO4/c1-6-18-12(16)7-10(2)11-8-15(9-11)13(17)19-14(3,4)5/h7,11H,6,8-9H2,1-5H3/b10-7-. The van der Waals surface area contributed by atoms with Crippen molar-refractivity contribution in [3.63, 3.8) is 0 Å². The van der Waals surface area contributed by atoms with Crippen LogP contribution in [0.15, 0.2) is 11.6 Å². The summed E-state index contributed by atoms with van der Waals surface area (Å²) in [6.07, 6.45) is 1.20. The average Bonchev–Trinajstić information content (AvgIpc) is 2.11. The van der Waals surface area contributed by atoms with Gasteiger partial charge in [-0.05, 0) is 34.6 Å². The molecule has 1 aliphatic heterocycles. The Morgan fingerprint density at radius 2 is 1.89 bits per heavy atom. The molecule has 0 N–H and O–H groups in total. The Hall–Kier alpha value is -1.52. The molecule has 0 bridgehead atoms. The first-order chi connectivity index (χ1) is 8.73. The smallest absolute Gasteiger partial charge is 0.410 e. The van der Waals surface area contributed by atoms with E-state index in [1.54, 1.807) is 11.8 Å². The molecule has 1 saturated heterocycles. The summed E-state index contributed by atoms with van der Waals surface area (Å²) in [6.45, 7) is 10.7. The zero-order valence-electron chi connectivity index (χ0n) is 12.4. The molecule has 1 aliphatic rings. The molecule has 0 radical (unpaired) electrons. The van der Waals surface area contributed by atoms with Crippen LogP contribution in [0.1, 0.15) is 34.6 Å². The number of carbonyl (C=O) groups is 2. The maximum atomic E-state index is 11.7. The molecule has 0 saturated carbocycles. The van der Waals surface area contributed by atoms with Gasteiger partial charge in [0, 0.05) is 25.1 Å². The highest BCUT2D eigenvalue weighted by molar-refractivity contribution is 5.83. The summed E-state index contributed by atoms with van der Waals surface area (Å²) >= 11 is 0. The fraction of sp³-hybridized carbons (Fsp3) is 0.714. The molecule has 0 spiro atoms. The first-order valence-corrected chi connectivity index (χ1v) is 6.55. The van der Waals surface area contributed by atoms with Crippen LogP contribution >= 0.6 is 0 Å². The molecule has 0 aromatic rings. The zero-order chi connectivity index (χ0) is 14.6. The van der Waals surface area contributed by atoms with E-state index >= 15 is 0 Å². The Morgan fingerprint density at radius 3 is 2.37 bits per heavy atom. The van der Waals surface area contributed by atoms with Crippen molar-refractivity contribution in [1.29, 1.82) is 0 Å². The number of esters is 1. The number of rotatable bonds is 3. The van der Waals surface area contributed by atoms with E-state index in [1.165, 1.54) is 6.08 Å². The Balaban J connectivity index is 2.41. The minimum Gasteiger partial charge on any atom is -0.463 e. The SMILES string of the molecule is CCOC(=O)/C=C(/C)C1CN(C(=O)OC(C)(C)C)C1. The van der Waals surface area contributed by atoms with Crippen molar-refractivity contribution in [3.05, 3.63) is 11.6 Å². The summed E-state index contributed by atoms with van der Waals surface area (Å²) in [5, 5.41) is 0. The Bertz CT molecular complexity index is 375. The molecule has 1 fully saturated rings. The van der Waals surface area contributed by atoms with E-state index in [9.17, 15) is 9.59 Å². The molecule has 0 aliphatic carbocycles. The first kappa shape index (κ1) is 15.5.